The van der Waals surface area contributed by atoms with E-state index < -0.39 is 0 Å². The lowest BCUT2D eigenvalue weighted by molar-refractivity contribution is 0.139. The van der Waals surface area contributed by atoms with Crippen molar-refractivity contribution >= 4 is 0 Å². The SMILES string of the molecule is OCc1ccc2c(c1)CCN(C(c1ccccc1)(c1ccccc1)c1ccccc1)C2. The summed E-state index contributed by atoms with van der Waals surface area (Å²) in [4.78, 5) is 2.62. The van der Waals surface area contributed by atoms with Gasteiger partial charge in [-0.05, 0) is 39.8 Å². The maximum atomic E-state index is 9.56. The molecule has 1 N–H and O–H groups in total. The second kappa shape index (κ2) is 8.50. The maximum absolute atomic E-state index is 9.56. The Labute approximate surface area is 184 Å². The molecular formula is C29H27NO. The number of aliphatic hydroxyl groups excluding tert-OH is 1. The monoisotopic (exact) mass is 405 g/mol. The van der Waals surface area contributed by atoms with Crippen LogP contribution in [-0.4, -0.2) is 16.6 Å². The van der Waals surface area contributed by atoms with Gasteiger partial charge in [0.1, 0.15) is 0 Å². The van der Waals surface area contributed by atoms with Gasteiger partial charge in [0.15, 0.2) is 0 Å². The van der Waals surface area contributed by atoms with Crippen LogP contribution >= 0.6 is 0 Å². The molecule has 0 aliphatic carbocycles. The lowest BCUT2D eigenvalue weighted by Gasteiger charge is -2.47. The highest BCUT2D eigenvalue weighted by atomic mass is 16.3. The third-order valence-electron chi connectivity index (χ3n) is 6.51. The summed E-state index contributed by atoms with van der Waals surface area (Å²) < 4.78 is 0. The quantitative estimate of drug-likeness (QED) is 0.441. The summed E-state index contributed by atoms with van der Waals surface area (Å²) in [6.07, 6.45) is 0.970. The number of rotatable bonds is 5. The summed E-state index contributed by atoms with van der Waals surface area (Å²) in [6.45, 7) is 1.90. The van der Waals surface area contributed by atoms with Crippen LogP contribution in [0, 0.1) is 0 Å². The van der Waals surface area contributed by atoms with Gasteiger partial charge in [-0.2, -0.15) is 0 Å². The molecule has 0 saturated carbocycles. The van der Waals surface area contributed by atoms with Crippen molar-refractivity contribution in [3.05, 3.63) is 143 Å². The van der Waals surface area contributed by atoms with E-state index in [-0.39, 0.29) is 12.1 Å². The summed E-state index contributed by atoms with van der Waals surface area (Å²) in [5, 5.41) is 9.56. The molecule has 1 aliphatic heterocycles. The molecule has 0 atom stereocenters. The highest BCUT2D eigenvalue weighted by Crippen LogP contribution is 2.44. The molecule has 0 spiro atoms. The van der Waals surface area contributed by atoms with Crippen molar-refractivity contribution < 1.29 is 5.11 Å². The first kappa shape index (κ1) is 19.7. The van der Waals surface area contributed by atoms with Gasteiger partial charge in [0.2, 0.25) is 0 Å². The second-order valence-electron chi connectivity index (χ2n) is 8.24. The van der Waals surface area contributed by atoms with E-state index in [0.717, 1.165) is 25.1 Å². The van der Waals surface area contributed by atoms with Gasteiger partial charge >= 0.3 is 0 Å². The largest absolute Gasteiger partial charge is 0.392 e. The summed E-state index contributed by atoms with van der Waals surface area (Å²) in [5.41, 5.74) is 7.15. The minimum absolute atomic E-state index is 0.0962. The molecule has 2 nitrogen and oxygen atoms in total. The van der Waals surface area contributed by atoms with E-state index in [2.05, 4.69) is 114 Å². The molecule has 4 aromatic rings. The molecule has 2 heteroatoms. The summed E-state index contributed by atoms with van der Waals surface area (Å²) in [7, 11) is 0. The highest BCUT2D eigenvalue weighted by Gasteiger charge is 2.43. The molecule has 0 aromatic heterocycles. The molecule has 5 rings (SSSR count). The fraction of sp³-hybridized carbons (Fsp3) is 0.172. The van der Waals surface area contributed by atoms with Crippen molar-refractivity contribution in [3.8, 4) is 0 Å². The van der Waals surface area contributed by atoms with E-state index in [1.54, 1.807) is 0 Å². The predicted octanol–water partition coefficient (Wildman–Crippen LogP) is 5.53. The Morgan fingerprint density at radius 1 is 0.645 bits per heavy atom. The number of fused-ring (bicyclic) bond motifs is 1. The van der Waals surface area contributed by atoms with Gasteiger partial charge < -0.3 is 5.11 Å². The average Bonchev–Trinajstić information content (AvgIpc) is 2.86. The van der Waals surface area contributed by atoms with Gasteiger partial charge in [-0.15, -0.1) is 0 Å². The lowest BCUT2D eigenvalue weighted by atomic mass is 9.74. The van der Waals surface area contributed by atoms with Crippen molar-refractivity contribution in [3.63, 3.8) is 0 Å². The Hall–Kier alpha value is -3.20. The smallest absolute Gasteiger partial charge is 0.0975 e. The standard InChI is InChI=1S/C29H27NO/c31-22-23-16-17-25-21-30(19-18-24(25)20-23)29(26-10-4-1-5-11-26,27-12-6-2-7-13-27)28-14-8-3-9-15-28/h1-17,20,31H,18-19,21-22H2. The van der Waals surface area contributed by atoms with Crippen molar-refractivity contribution in [1.29, 1.82) is 0 Å². The highest BCUT2D eigenvalue weighted by molar-refractivity contribution is 5.50. The van der Waals surface area contributed by atoms with Crippen LogP contribution in [-0.2, 0) is 25.1 Å². The van der Waals surface area contributed by atoms with Crippen LogP contribution in [0.2, 0.25) is 0 Å². The third-order valence-corrected chi connectivity index (χ3v) is 6.51. The van der Waals surface area contributed by atoms with E-state index in [4.69, 9.17) is 0 Å². The number of hydrogen-bond acceptors (Lipinski definition) is 2. The van der Waals surface area contributed by atoms with Gasteiger partial charge in [0.05, 0.1) is 12.1 Å². The van der Waals surface area contributed by atoms with Gasteiger partial charge in [0.25, 0.3) is 0 Å². The molecule has 31 heavy (non-hydrogen) atoms. The fourth-order valence-corrected chi connectivity index (χ4v) is 5.08. The average molecular weight is 406 g/mol. The molecule has 154 valence electrons. The molecular weight excluding hydrogens is 378 g/mol. The topological polar surface area (TPSA) is 23.5 Å². The molecule has 0 radical (unpaired) electrons. The van der Waals surface area contributed by atoms with E-state index in [1.165, 1.54) is 27.8 Å². The maximum Gasteiger partial charge on any atom is 0.0975 e. The van der Waals surface area contributed by atoms with E-state index in [0.29, 0.717) is 0 Å². The fourth-order valence-electron chi connectivity index (χ4n) is 5.08. The minimum atomic E-state index is -0.378. The van der Waals surface area contributed by atoms with E-state index in [1.807, 2.05) is 0 Å². The summed E-state index contributed by atoms with van der Waals surface area (Å²) >= 11 is 0. The minimum Gasteiger partial charge on any atom is -0.392 e. The molecule has 0 fully saturated rings. The Morgan fingerprint density at radius 3 is 1.65 bits per heavy atom. The van der Waals surface area contributed by atoms with E-state index >= 15 is 0 Å². The third kappa shape index (κ3) is 3.48. The van der Waals surface area contributed by atoms with Crippen LogP contribution < -0.4 is 0 Å². The summed E-state index contributed by atoms with van der Waals surface area (Å²) in [5.74, 6) is 0. The van der Waals surface area contributed by atoms with Crippen LogP contribution in [0.25, 0.3) is 0 Å². The molecule has 1 heterocycles. The molecule has 0 amide bonds. The molecule has 0 unspecified atom stereocenters. The van der Waals surface area contributed by atoms with Gasteiger partial charge in [-0.3, -0.25) is 4.90 Å². The number of hydrogen-bond donors (Lipinski definition) is 1. The molecule has 1 aliphatic rings. The lowest BCUT2D eigenvalue weighted by Crippen LogP contribution is -2.50. The summed E-state index contributed by atoms with van der Waals surface area (Å²) in [6, 6.07) is 39.1. The van der Waals surface area contributed by atoms with Crippen molar-refractivity contribution in [2.45, 2.75) is 25.1 Å². The van der Waals surface area contributed by atoms with Crippen molar-refractivity contribution in [2.75, 3.05) is 6.54 Å². The van der Waals surface area contributed by atoms with Gasteiger partial charge in [-0.25, -0.2) is 0 Å². The molecule has 0 saturated heterocycles. The van der Waals surface area contributed by atoms with Crippen LogP contribution in [0.1, 0.15) is 33.4 Å². The van der Waals surface area contributed by atoms with Crippen LogP contribution in [0.5, 0.6) is 0 Å². The first-order chi connectivity index (χ1) is 15.3. The first-order valence-electron chi connectivity index (χ1n) is 11.0. The predicted molar refractivity (Wildman–Crippen MR) is 126 cm³/mol. The van der Waals surface area contributed by atoms with Crippen LogP contribution in [0.4, 0.5) is 0 Å². The number of nitrogens with zero attached hydrogens (tertiary/aromatic N) is 1. The van der Waals surface area contributed by atoms with Crippen molar-refractivity contribution in [1.82, 2.24) is 4.90 Å². The number of benzene rings is 4. The van der Waals surface area contributed by atoms with Crippen LogP contribution in [0.15, 0.2) is 109 Å². The number of aliphatic hydroxyl groups is 1. The normalized spacial score (nSPS) is 14.2. The Kier molecular flexibility index (Phi) is 5.42. The van der Waals surface area contributed by atoms with E-state index in [9.17, 15) is 5.11 Å². The Morgan fingerprint density at radius 2 is 1.16 bits per heavy atom. The Bertz CT molecular complexity index is 1040. The zero-order valence-corrected chi connectivity index (χ0v) is 17.6. The van der Waals surface area contributed by atoms with Gasteiger partial charge in [0, 0.05) is 13.1 Å². The second-order valence-corrected chi connectivity index (χ2v) is 8.24. The van der Waals surface area contributed by atoms with Gasteiger partial charge in [-0.1, -0.05) is 109 Å². The Balaban J connectivity index is 1.72. The van der Waals surface area contributed by atoms with Crippen LogP contribution in [0.3, 0.4) is 0 Å². The zero-order chi connectivity index (χ0) is 21.1. The molecule has 4 aromatic carbocycles. The first-order valence-corrected chi connectivity index (χ1v) is 11.0. The zero-order valence-electron chi connectivity index (χ0n) is 17.6. The van der Waals surface area contributed by atoms with Crippen molar-refractivity contribution in [2.24, 2.45) is 0 Å². The molecule has 0 bridgehead atoms.